The molecule has 2 rings (SSSR count). The fourth-order valence-corrected chi connectivity index (χ4v) is 2.47. The predicted octanol–water partition coefficient (Wildman–Crippen LogP) is 3.10. The first-order chi connectivity index (χ1) is 7.98. The van der Waals surface area contributed by atoms with Crippen molar-refractivity contribution in [2.24, 2.45) is 0 Å². The van der Waals surface area contributed by atoms with Crippen molar-refractivity contribution in [3.8, 4) is 5.75 Å². The highest BCUT2D eigenvalue weighted by Crippen LogP contribution is 2.52. The van der Waals surface area contributed by atoms with Crippen LogP contribution in [0.1, 0.15) is 24.8 Å². The third-order valence-electron chi connectivity index (χ3n) is 3.17. The number of ether oxygens (including phenoxy) is 1. The molecule has 1 aliphatic rings. The van der Waals surface area contributed by atoms with E-state index in [1.165, 1.54) is 7.11 Å². The van der Waals surface area contributed by atoms with Crippen molar-refractivity contribution >= 4 is 21.9 Å². The van der Waals surface area contributed by atoms with E-state index in [9.17, 15) is 9.18 Å². The molecule has 92 valence electrons. The van der Waals surface area contributed by atoms with Gasteiger partial charge >= 0.3 is 5.97 Å². The summed E-state index contributed by atoms with van der Waals surface area (Å²) in [5.74, 6) is -1.14. The first-order valence-electron chi connectivity index (χ1n) is 5.24. The second kappa shape index (κ2) is 4.29. The van der Waals surface area contributed by atoms with Gasteiger partial charge in [0.2, 0.25) is 0 Å². The second-order valence-corrected chi connectivity index (χ2v) is 5.18. The standard InChI is InChI=1S/C12H12BrFO3/c1-17-9-5-7(4-8(13)11(9)14)12(2-3-12)6-10(15)16/h4-5H,2-3,6H2,1H3,(H,15,16). The average molecular weight is 303 g/mol. The molecular weight excluding hydrogens is 291 g/mol. The lowest BCUT2D eigenvalue weighted by Crippen LogP contribution is -2.13. The minimum absolute atomic E-state index is 0.0776. The van der Waals surface area contributed by atoms with Gasteiger partial charge < -0.3 is 9.84 Å². The van der Waals surface area contributed by atoms with E-state index in [4.69, 9.17) is 9.84 Å². The normalized spacial score (nSPS) is 16.6. The number of aliphatic carboxylic acids is 1. The molecule has 1 aliphatic carbocycles. The molecule has 1 saturated carbocycles. The van der Waals surface area contributed by atoms with Gasteiger partial charge in [-0.1, -0.05) is 0 Å². The zero-order valence-electron chi connectivity index (χ0n) is 9.30. The number of hydrogen-bond acceptors (Lipinski definition) is 2. The molecule has 0 heterocycles. The van der Waals surface area contributed by atoms with Gasteiger partial charge in [0.25, 0.3) is 0 Å². The lowest BCUT2D eigenvalue weighted by Gasteiger charge is -2.15. The third-order valence-corrected chi connectivity index (χ3v) is 3.75. The van der Waals surface area contributed by atoms with E-state index in [0.29, 0.717) is 4.47 Å². The minimum atomic E-state index is -0.832. The zero-order valence-corrected chi connectivity index (χ0v) is 10.9. The summed E-state index contributed by atoms with van der Waals surface area (Å²) >= 11 is 3.12. The van der Waals surface area contributed by atoms with E-state index < -0.39 is 11.8 Å². The highest BCUT2D eigenvalue weighted by molar-refractivity contribution is 9.10. The number of carbonyl (C=O) groups is 1. The van der Waals surface area contributed by atoms with Gasteiger partial charge in [-0.25, -0.2) is 4.39 Å². The molecule has 3 nitrogen and oxygen atoms in total. The van der Waals surface area contributed by atoms with Crippen molar-refractivity contribution in [2.45, 2.75) is 24.7 Å². The molecule has 0 aromatic heterocycles. The molecule has 17 heavy (non-hydrogen) atoms. The summed E-state index contributed by atoms with van der Waals surface area (Å²) in [6.45, 7) is 0. The Bertz CT molecular complexity index is 469. The first-order valence-corrected chi connectivity index (χ1v) is 6.03. The van der Waals surface area contributed by atoms with E-state index in [0.717, 1.165) is 18.4 Å². The fraction of sp³-hybridized carbons (Fsp3) is 0.417. The molecule has 0 bridgehead atoms. The van der Waals surface area contributed by atoms with Gasteiger partial charge in [-0.3, -0.25) is 4.79 Å². The molecule has 1 fully saturated rings. The number of rotatable bonds is 4. The van der Waals surface area contributed by atoms with Crippen LogP contribution in [0.25, 0.3) is 0 Å². The highest BCUT2D eigenvalue weighted by atomic mass is 79.9. The SMILES string of the molecule is COc1cc(C2(CC(=O)O)CC2)cc(Br)c1F. The van der Waals surface area contributed by atoms with Gasteiger partial charge in [0, 0.05) is 5.41 Å². The second-order valence-electron chi connectivity index (χ2n) is 4.33. The number of benzene rings is 1. The summed E-state index contributed by atoms with van der Waals surface area (Å²) in [7, 11) is 1.39. The van der Waals surface area contributed by atoms with Crippen LogP contribution in [0.15, 0.2) is 16.6 Å². The molecule has 0 aliphatic heterocycles. The van der Waals surface area contributed by atoms with Gasteiger partial charge in [-0.15, -0.1) is 0 Å². The van der Waals surface area contributed by atoms with Crippen LogP contribution in [0.2, 0.25) is 0 Å². The van der Waals surface area contributed by atoms with Crippen LogP contribution in [0.3, 0.4) is 0 Å². The first kappa shape index (κ1) is 12.4. The number of carboxylic acid groups (broad SMARTS) is 1. The van der Waals surface area contributed by atoms with Crippen molar-refractivity contribution in [1.82, 2.24) is 0 Å². The van der Waals surface area contributed by atoms with Crippen LogP contribution in [-0.2, 0) is 10.2 Å². The molecular formula is C12H12BrFO3. The van der Waals surface area contributed by atoms with Crippen LogP contribution < -0.4 is 4.74 Å². The van der Waals surface area contributed by atoms with Gasteiger partial charge in [0.15, 0.2) is 11.6 Å². The van der Waals surface area contributed by atoms with Gasteiger partial charge in [0.05, 0.1) is 18.0 Å². The Labute approximate surface area is 107 Å². The smallest absolute Gasteiger partial charge is 0.304 e. The van der Waals surface area contributed by atoms with Crippen LogP contribution in [0.5, 0.6) is 5.75 Å². The Hall–Kier alpha value is -1.10. The summed E-state index contributed by atoms with van der Waals surface area (Å²) in [5.41, 5.74) is 0.486. The quantitative estimate of drug-likeness (QED) is 0.929. The summed E-state index contributed by atoms with van der Waals surface area (Å²) in [6.07, 6.45) is 1.72. The Morgan fingerprint density at radius 1 is 1.59 bits per heavy atom. The van der Waals surface area contributed by atoms with Gasteiger partial charge in [0.1, 0.15) is 0 Å². The van der Waals surface area contributed by atoms with Crippen molar-refractivity contribution in [3.05, 3.63) is 28.0 Å². The Morgan fingerprint density at radius 3 is 2.71 bits per heavy atom. The largest absolute Gasteiger partial charge is 0.494 e. The Kier molecular flexibility index (Phi) is 3.12. The third kappa shape index (κ3) is 2.29. The van der Waals surface area contributed by atoms with E-state index in [-0.39, 0.29) is 17.6 Å². The molecule has 0 amide bonds. The zero-order chi connectivity index (χ0) is 12.6. The Balaban J connectivity index is 2.40. The number of methoxy groups -OCH3 is 1. The van der Waals surface area contributed by atoms with Crippen LogP contribution in [-0.4, -0.2) is 18.2 Å². The fourth-order valence-electron chi connectivity index (χ4n) is 2.03. The predicted molar refractivity (Wildman–Crippen MR) is 63.8 cm³/mol. The topological polar surface area (TPSA) is 46.5 Å². The highest BCUT2D eigenvalue weighted by Gasteiger charge is 2.46. The minimum Gasteiger partial charge on any atom is -0.494 e. The van der Waals surface area contributed by atoms with Gasteiger partial charge in [-0.2, -0.15) is 0 Å². The number of carboxylic acids is 1. The Morgan fingerprint density at radius 2 is 2.24 bits per heavy atom. The molecule has 0 spiro atoms. The van der Waals surface area contributed by atoms with E-state index >= 15 is 0 Å². The summed E-state index contributed by atoms with van der Waals surface area (Å²) in [5, 5.41) is 8.88. The maximum Gasteiger partial charge on any atom is 0.304 e. The number of halogens is 2. The van der Waals surface area contributed by atoms with Gasteiger partial charge in [-0.05, 0) is 46.5 Å². The number of hydrogen-bond donors (Lipinski definition) is 1. The van der Waals surface area contributed by atoms with E-state index in [2.05, 4.69) is 15.9 Å². The van der Waals surface area contributed by atoms with Crippen LogP contribution >= 0.6 is 15.9 Å². The average Bonchev–Trinajstić information content (AvgIpc) is 3.01. The molecule has 0 unspecified atom stereocenters. The molecule has 1 aromatic rings. The van der Waals surface area contributed by atoms with Crippen molar-refractivity contribution in [1.29, 1.82) is 0 Å². The summed E-state index contributed by atoms with van der Waals surface area (Å²) < 4.78 is 18.8. The van der Waals surface area contributed by atoms with E-state index in [1.807, 2.05) is 0 Å². The lowest BCUT2D eigenvalue weighted by atomic mass is 9.92. The monoisotopic (exact) mass is 302 g/mol. The summed E-state index contributed by atoms with van der Waals surface area (Å²) in [4.78, 5) is 10.8. The molecule has 0 atom stereocenters. The van der Waals surface area contributed by atoms with Crippen molar-refractivity contribution in [2.75, 3.05) is 7.11 Å². The maximum atomic E-state index is 13.6. The molecule has 1 N–H and O–H groups in total. The maximum absolute atomic E-state index is 13.6. The lowest BCUT2D eigenvalue weighted by molar-refractivity contribution is -0.137. The van der Waals surface area contributed by atoms with Crippen molar-refractivity contribution in [3.63, 3.8) is 0 Å². The molecule has 0 saturated heterocycles. The van der Waals surface area contributed by atoms with Crippen molar-refractivity contribution < 1.29 is 19.0 Å². The molecule has 5 heteroatoms. The van der Waals surface area contributed by atoms with Crippen LogP contribution in [0, 0.1) is 5.82 Å². The summed E-state index contributed by atoms with van der Waals surface area (Å²) in [6, 6.07) is 3.24. The molecule has 1 aromatic carbocycles. The molecule has 0 radical (unpaired) electrons. The van der Waals surface area contributed by atoms with Crippen LogP contribution in [0.4, 0.5) is 4.39 Å². The van der Waals surface area contributed by atoms with E-state index in [1.54, 1.807) is 12.1 Å².